The molecule has 0 aliphatic rings. The standard InChI is InChI=1S/C18H18BrN3O6/c1-11(2)28-16-8-3-12(19)9-15(16)18(24)21-20-17(23)10-27-14-6-4-13(5-7-14)22(25)26/h3-9,11H,10H2,1-2H3,(H,20,23)(H,21,24). The van der Waals surface area contributed by atoms with E-state index in [4.69, 9.17) is 9.47 Å². The molecule has 0 aliphatic carbocycles. The highest BCUT2D eigenvalue weighted by Gasteiger charge is 2.15. The number of benzene rings is 2. The van der Waals surface area contributed by atoms with Crippen molar-refractivity contribution in [3.8, 4) is 11.5 Å². The predicted octanol–water partition coefficient (Wildman–Crippen LogP) is 2.98. The second kappa shape index (κ2) is 9.70. The van der Waals surface area contributed by atoms with Gasteiger partial charge >= 0.3 is 0 Å². The molecule has 2 aromatic rings. The summed E-state index contributed by atoms with van der Waals surface area (Å²) in [6.07, 6.45) is -0.127. The second-order valence-electron chi connectivity index (χ2n) is 5.85. The van der Waals surface area contributed by atoms with Gasteiger partial charge in [-0.1, -0.05) is 15.9 Å². The minimum atomic E-state index is -0.604. The van der Waals surface area contributed by atoms with Crippen molar-refractivity contribution in [2.24, 2.45) is 0 Å². The van der Waals surface area contributed by atoms with Gasteiger partial charge in [0, 0.05) is 16.6 Å². The number of hydrogen-bond acceptors (Lipinski definition) is 6. The van der Waals surface area contributed by atoms with E-state index in [-0.39, 0.29) is 29.7 Å². The molecule has 2 rings (SSSR count). The molecule has 0 unspecified atom stereocenters. The number of halogens is 1. The largest absolute Gasteiger partial charge is 0.490 e. The van der Waals surface area contributed by atoms with Crippen LogP contribution in [0.1, 0.15) is 24.2 Å². The summed E-state index contributed by atoms with van der Waals surface area (Å²) < 4.78 is 11.5. The number of nitrogens with one attached hydrogen (secondary N) is 2. The van der Waals surface area contributed by atoms with Gasteiger partial charge in [0.05, 0.1) is 16.6 Å². The zero-order valence-corrected chi connectivity index (χ0v) is 16.7. The Hall–Kier alpha value is -3.14. The third-order valence-electron chi connectivity index (χ3n) is 3.28. The zero-order chi connectivity index (χ0) is 20.7. The first-order valence-corrected chi connectivity index (χ1v) is 8.98. The van der Waals surface area contributed by atoms with Crippen LogP contribution in [-0.4, -0.2) is 29.4 Å². The molecule has 0 aliphatic heterocycles. The monoisotopic (exact) mass is 451 g/mol. The van der Waals surface area contributed by atoms with Crippen LogP contribution in [0, 0.1) is 10.1 Å². The number of non-ortho nitro benzene ring substituents is 1. The number of rotatable bonds is 7. The molecule has 10 heteroatoms. The predicted molar refractivity (Wildman–Crippen MR) is 104 cm³/mol. The summed E-state index contributed by atoms with van der Waals surface area (Å²) in [7, 11) is 0. The minimum Gasteiger partial charge on any atom is -0.490 e. The summed E-state index contributed by atoms with van der Waals surface area (Å²) in [6.45, 7) is 3.29. The molecule has 2 amide bonds. The Kier molecular flexibility index (Phi) is 7.33. The fraction of sp³-hybridized carbons (Fsp3) is 0.222. The molecule has 148 valence electrons. The Morgan fingerprint density at radius 1 is 1.14 bits per heavy atom. The molecule has 0 fully saturated rings. The molecule has 0 radical (unpaired) electrons. The van der Waals surface area contributed by atoms with Crippen molar-refractivity contribution in [2.75, 3.05) is 6.61 Å². The van der Waals surface area contributed by atoms with Crippen LogP contribution < -0.4 is 20.3 Å². The van der Waals surface area contributed by atoms with Crippen molar-refractivity contribution in [1.29, 1.82) is 0 Å². The van der Waals surface area contributed by atoms with E-state index in [1.807, 2.05) is 13.8 Å². The molecular weight excluding hydrogens is 434 g/mol. The molecule has 0 aromatic heterocycles. The number of amides is 2. The van der Waals surface area contributed by atoms with Crippen LogP contribution in [0.15, 0.2) is 46.9 Å². The van der Waals surface area contributed by atoms with Crippen LogP contribution in [-0.2, 0) is 4.79 Å². The van der Waals surface area contributed by atoms with Crippen LogP contribution >= 0.6 is 15.9 Å². The average Bonchev–Trinajstić information content (AvgIpc) is 2.65. The molecular formula is C18H18BrN3O6. The summed E-state index contributed by atoms with van der Waals surface area (Å²) in [5.41, 5.74) is 4.69. The van der Waals surface area contributed by atoms with Crippen LogP contribution in [0.2, 0.25) is 0 Å². The molecule has 0 saturated heterocycles. The maximum atomic E-state index is 12.3. The van der Waals surface area contributed by atoms with Crippen molar-refractivity contribution in [3.05, 3.63) is 62.6 Å². The fourth-order valence-corrected chi connectivity index (χ4v) is 2.44. The SMILES string of the molecule is CC(C)Oc1ccc(Br)cc1C(=O)NNC(=O)COc1ccc([N+](=O)[O-])cc1. The van der Waals surface area contributed by atoms with Gasteiger partial charge in [-0.2, -0.15) is 0 Å². The lowest BCUT2D eigenvalue weighted by Gasteiger charge is -2.15. The maximum Gasteiger partial charge on any atom is 0.276 e. The molecule has 2 aromatic carbocycles. The number of hydrazine groups is 1. The van der Waals surface area contributed by atoms with E-state index >= 15 is 0 Å². The summed E-state index contributed by atoms with van der Waals surface area (Å²) >= 11 is 3.29. The molecule has 2 N–H and O–H groups in total. The first-order valence-electron chi connectivity index (χ1n) is 8.19. The van der Waals surface area contributed by atoms with E-state index in [0.717, 1.165) is 0 Å². The lowest BCUT2D eigenvalue weighted by molar-refractivity contribution is -0.384. The molecule has 9 nitrogen and oxygen atoms in total. The van der Waals surface area contributed by atoms with Gasteiger partial charge in [0.1, 0.15) is 11.5 Å². The lowest BCUT2D eigenvalue weighted by atomic mass is 10.2. The van der Waals surface area contributed by atoms with Crippen LogP contribution in [0.4, 0.5) is 5.69 Å². The quantitative estimate of drug-likeness (QED) is 0.493. The number of nitro groups is 1. The van der Waals surface area contributed by atoms with E-state index in [2.05, 4.69) is 26.8 Å². The van der Waals surface area contributed by atoms with Crippen molar-refractivity contribution in [1.82, 2.24) is 10.9 Å². The van der Waals surface area contributed by atoms with Gasteiger partial charge in [0.2, 0.25) is 0 Å². The highest BCUT2D eigenvalue weighted by molar-refractivity contribution is 9.10. The van der Waals surface area contributed by atoms with Crippen LogP contribution in [0.3, 0.4) is 0 Å². The van der Waals surface area contributed by atoms with E-state index in [9.17, 15) is 19.7 Å². The molecule has 0 atom stereocenters. The van der Waals surface area contributed by atoms with Crippen LogP contribution in [0.5, 0.6) is 11.5 Å². The van der Waals surface area contributed by atoms with Gasteiger partial charge in [-0.25, -0.2) is 0 Å². The lowest BCUT2D eigenvalue weighted by Crippen LogP contribution is -2.44. The second-order valence-corrected chi connectivity index (χ2v) is 6.76. The van der Waals surface area contributed by atoms with Gasteiger partial charge in [-0.05, 0) is 44.2 Å². The molecule has 28 heavy (non-hydrogen) atoms. The molecule has 0 spiro atoms. The van der Waals surface area contributed by atoms with Gasteiger partial charge in [-0.3, -0.25) is 30.6 Å². The summed E-state index contributed by atoms with van der Waals surface area (Å²) in [4.78, 5) is 34.3. The summed E-state index contributed by atoms with van der Waals surface area (Å²) in [5.74, 6) is -0.493. The minimum absolute atomic E-state index is 0.0856. The van der Waals surface area contributed by atoms with E-state index in [1.165, 1.54) is 24.3 Å². The van der Waals surface area contributed by atoms with E-state index < -0.39 is 16.7 Å². The number of carbonyl (C=O) groups is 2. The number of nitro benzene ring substituents is 1. The van der Waals surface area contributed by atoms with Gasteiger partial charge in [0.25, 0.3) is 17.5 Å². The molecule has 0 bridgehead atoms. The summed E-state index contributed by atoms with van der Waals surface area (Å²) in [5, 5.41) is 10.6. The summed E-state index contributed by atoms with van der Waals surface area (Å²) in [6, 6.07) is 10.2. The fourth-order valence-electron chi connectivity index (χ4n) is 2.08. The number of nitrogens with zero attached hydrogens (tertiary/aromatic N) is 1. The Balaban J connectivity index is 1.89. The van der Waals surface area contributed by atoms with Crippen LogP contribution in [0.25, 0.3) is 0 Å². The zero-order valence-electron chi connectivity index (χ0n) is 15.1. The highest BCUT2D eigenvalue weighted by Crippen LogP contribution is 2.24. The van der Waals surface area contributed by atoms with E-state index in [0.29, 0.717) is 10.2 Å². The van der Waals surface area contributed by atoms with Crippen molar-refractivity contribution in [3.63, 3.8) is 0 Å². The normalized spacial score (nSPS) is 10.3. The number of carbonyl (C=O) groups excluding carboxylic acids is 2. The molecule has 0 heterocycles. The van der Waals surface area contributed by atoms with Crippen molar-refractivity contribution in [2.45, 2.75) is 20.0 Å². The highest BCUT2D eigenvalue weighted by atomic mass is 79.9. The van der Waals surface area contributed by atoms with Crippen molar-refractivity contribution >= 4 is 33.4 Å². The smallest absolute Gasteiger partial charge is 0.276 e. The number of hydrogen-bond donors (Lipinski definition) is 2. The van der Waals surface area contributed by atoms with Crippen molar-refractivity contribution < 1.29 is 24.0 Å². The van der Waals surface area contributed by atoms with E-state index in [1.54, 1.807) is 18.2 Å². The van der Waals surface area contributed by atoms with Gasteiger partial charge in [-0.15, -0.1) is 0 Å². The molecule has 0 saturated carbocycles. The topological polar surface area (TPSA) is 120 Å². The Labute approximate surface area is 169 Å². The first kappa shape index (κ1) is 21.2. The third-order valence-corrected chi connectivity index (χ3v) is 3.78. The Bertz CT molecular complexity index is 870. The first-order chi connectivity index (χ1) is 13.3. The van der Waals surface area contributed by atoms with Gasteiger partial charge in [0.15, 0.2) is 6.61 Å². The average molecular weight is 452 g/mol. The maximum absolute atomic E-state index is 12.3. The third kappa shape index (κ3) is 6.23. The Morgan fingerprint density at radius 3 is 2.43 bits per heavy atom. The number of ether oxygens (including phenoxy) is 2. The van der Waals surface area contributed by atoms with Gasteiger partial charge < -0.3 is 9.47 Å². The Morgan fingerprint density at radius 2 is 1.82 bits per heavy atom.